The Bertz CT molecular complexity index is 345. The van der Waals surface area contributed by atoms with Gasteiger partial charge in [0.2, 0.25) is 5.54 Å². The summed E-state index contributed by atoms with van der Waals surface area (Å²) in [6, 6.07) is 0. The SMILES string of the molecule is CSCC[C@@](N)(C(=O)O)C(=O)OC1CCC(CN)CC1. The molecular formula is C13H24N2O4S. The van der Waals surface area contributed by atoms with Gasteiger partial charge in [0.05, 0.1) is 0 Å². The zero-order valence-corrected chi connectivity index (χ0v) is 12.7. The number of aliphatic carboxylic acids is 1. The van der Waals surface area contributed by atoms with E-state index < -0.39 is 17.5 Å². The van der Waals surface area contributed by atoms with E-state index in [1.54, 1.807) is 0 Å². The van der Waals surface area contributed by atoms with Gasteiger partial charge in [0, 0.05) is 0 Å². The van der Waals surface area contributed by atoms with Gasteiger partial charge in [0.25, 0.3) is 0 Å². The first kappa shape index (κ1) is 17.3. The van der Waals surface area contributed by atoms with Crippen LogP contribution in [-0.4, -0.2) is 47.2 Å². The Morgan fingerprint density at radius 1 is 1.35 bits per heavy atom. The van der Waals surface area contributed by atoms with Crippen molar-refractivity contribution in [2.24, 2.45) is 17.4 Å². The second-order valence-electron chi connectivity index (χ2n) is 5.30. The third kappa shape index (κ3) is 4.36. The number of thioether (sulfide) groups is 1. The van der Waals surface area contributed by atoms with Gasteiger partial charge >= 0.3 is 11.9 Å². The first-order valence-corrected chi connectivity index (χ1v) is 8.25. The highest BCUT2D eigenvalue weighted by Gasteiger charge is 2.44. The van der Waals surface area contributed by atoms with Gasteiger partial charge in [-0.15, -0.1) is 0 Å². The maximum Gasteiger partial charge on any atom is 0.338 e. The van der Waals surface area contributed by atoms with Gasteiger partial charge in [-0.3, -0.25) is 0 Å². The van der Waals surface area contributed by atoms with Crippen LogP contribution in [0.2, 0.25) is 0 Å². The van der Waals surface area contributed by atoms with Crippen molar-refractivity contribution in [3.8, 4) is 0 Å². The van der Waals surface area contributed by atoms with Gasteiger partial charge in [-0.25, -0.2) is 9.59 Å². The van der Waals surface area contributed by atoms with Crippen molar-refractivity contribution in [2.75, 3.05) is 18.6 Å². The molecule has 1 rings (SSSR count). The van der Waals surface area contributed by atoms with E-state index in [0.717, 1.165) is 25.7 Å². The molecule has 0 aliphatic heterocycles. The fourth-order valence-electron chi connectivity index (χ4n) is 2.30. The van der Waals surface area contributed by atoms with E-state index in [2.05, 4.69) is 0 Å². The average molecular weight is 304 g/mol. The third-order valence-electron chi connectivity index (χ3n) is 3.85. The van der Waals surface area contributed by atoms with Crippen molar-refractivity contribution < 1.29 is 19.4 Å². The molecule has 0 unspecified atom stereocenters. The van der Waals surface area contributed by atoms with Crippen LogP contribution in [0.25, 0.3) is 0 Å². The van der Waals surface area contributed by atoms with E-state index in [1.165, 1.54) is 11.8 Å². The molecule has 1 aliphatic carbocycles. The van der Waals surface area contributed by atoms with Gasteiger partial charge < -0.3 is 21.3 Å². The summed E-state index contributed by atoms with van der Waals surface area (Å²) in [6.07, 6.45) is 4.94. The van der Waals surface area contributed by atoms with Crippen LogP contribution in [0.15, 0.2) is 0 Å². The molecule has 1 aliphatic rings. The van der Waals surface area contributed by atoms with E-state index in [9.17, 15) is 14.7 Å². The Kier molecular flexibility index (Phi) is 6.78. The minimum atomic E-state index is -1.94. The molecule has 0 heterocycles. The van der Waals surface area contributed by atoms with E-state index >= 15 is 0 Å². The second-order valence-corrected chi connectivity index (χ2v) is 6.29. The second kappa shape index (κ2) is 7.85. The number of hydrogen-bond acceptors (Lipinski definition) is 6. The number of carboxylic acids is 1. The van der Waals surface area contributed by atoms with E-state index in [-0.39, 0.29) is 12.5 Å². The number of rotatable bonds is 7. The number of ether oxygens (including phenoxy) is 1. The summed E-state index contributed by atoms with van der Waals surface area (Å²) in [5.41, 5.74) is 9.40. The lowest BCUT2D eigenvalue weighted by molar-refractivity contribution is -0.166. The summed E-state index contributed by atoms with van der Waals surface area (Å²) in [4.78, 5) is 23.3. The quantitative estimate of drug-likeness (QED) is 0.465. The van der Waals surface area contributed by atoms with Crippen LogP contribution in [0.3, 0.4) is 0 Å². The monoisotopic (exact) mass is 304 g/mol. The number of nitrogens with two attached hydrogens (primary N) is 2. The van der Waals surface area contributed by atoms with Crippen LogP contribution in [0.5, 0.6) is 0 Å². The summed E-state index contributed by atoms with van der Waals surface area (Å²) >= 11 is 1.45. The predicted octanol–water partition coefficient (Wildman–Crippen LogP) is 0.582. The molecule has 116 valence electrons. The fraction of sp³-hybridized carbons (Fsp3) is 0.846. The molecule has 0 aromatic heterocycles. The topological polar surface area (TPSA) is 116 Å². The van der Waals surface area contributed by atoms with E-state index in [0.29, 0.717) is 18.2 Å². The molecule has 0 spiro atoms. The number of carbonyl (C=O) groups excluding carboxylic acids is 1. The summed E-state index contributed by atoms with van der Waals surface area (Å²) < 4.78 is 5.31. The molecule has 5 N–H and O–H groups in total. The highest BCUT2D eigenvalue weighted by Crippen LogP contribution is 2.26. The molecule has 1 saturated carbocycles. The lowest BCUT2D eigenvalue weighted by atomic mass is 9.87. The van der Waals surface area contributed by atoms with Gasteiger partial charge in [0.1, 0.15) is 6.10 Å². The maximum atomic E-state index is 12.1. The van der Waals surface area contributed by atoms with Crippen molar-refractivity contribution in [3.05, 3.63) is 0 Å². The normalized spacial score (nSPS) is 25.8. The molecule has 1 atom stereocenters. The molecule has 20 heavy (non-hydrogen) atoms. The Labute approximate surface area is 123 Å². The van der Waals surface area contributed by atoms with Crippen LogP contribution >= 0.6 is 11.8 Å². The molecule has 0 bridgehead atoms. The lowest BCUT2D eigenvalue weighted by Gasteiger charge is -2.30. The molecule has 6 nitrogen and oxygen atoms in total. The van der Waals surface area contributed by atoms with Crippen LogP contribution < -0.4 is 11.5 Å². The fourth-order valence-corrected chi connectivity index (χ4v) is 2.83. The first-order valence-electron chi connectivity index (χ1n) is 6.86. The molecular weight excluding hydrogens is 280 g/mol. The number of carboxylic acid groups (broad SMARTS) is 1. The van der Waals surface area contributed by atoms with E-state index in [1.807, 2.05) is 6.26 Å². The van der Waals surface area contributed by atoms with Crippen molar-refractivity contribution >= 4 is 23.7 Å². The van der Waals surface area contributed by atoms with Gasteiger partial charge in [-0.1, -0.05) is 0 Å². The van der Waals surface area contributed by atoms with Crippen LogP contribution in [0, 0.1) is 5.92 Å². The standard InChI is InChI=1S/C13H24N2O4S/c1-20-7-6-13(15,11(16)17)12(18)19-10-4-2-9(8-14)3-5-10/h9-10H,2-8,14-15H2,1H3,(H,16,17)/t9?,10?,13-/m1/s1. The summed E-state index contributed by atoms with van der Waals surface area (Å²) in [6.45, 7) is 0.643. The van der Waals surface area contributed by atoms with Crippen molar-refractivity contribution in [1.29, 1.82) is 0 Å². The van der Waals surface area contributed by atoms with E-state index in [4.69, 9.17) is 16.2 Å². The highest BCUT2D eigenvalue weighted by atomic mass is 32.2. The minimum Gasteiger partial charge on any atom is -0.479 e. The summed E-state index contributed by atoms with van der Waals surface area (Å²) in [5, 5.41) is 9.19. The predicted molar refractivity (Wildman–Crippen MR) is 78.4 cm³/mol. The molecule has 0 radical (unpaired) electrons. The van der Waals surface area contributed by atoms with Crippen molar-refractivity contribution in [2.45, 2.75) is 43.7 Å². The largest absolute Gasteiger partial charge is 0.479 e. The van der Waals surface area contributed by atoms with Gasteiger partial charge in [-0.05, 0) is 56.6 Å². The van der Waals surface area contributed by atoms with Crippen LogP contribution in [0.4, 0.5) is 0 Å². The Morgan fingerprint density at radius 3 is 2.40 bits per heavy atom. The Balaban J connectivity index is 2.56. The molecule has 0 saturated heterocycles. The van der Waals surface area contributed by atoms with Crippen LogP contribution in [0.1, 0.15) is 32.1 Å². The number of carbonyl (C=O) groups is 2. The van der Waals surface area contributed by atoms with Crippen molar-refractivity contribution in [3.63, 3.8) is 0 Å². The molecule has 0 aromatic rings. The Hall–Kier alpha value is -0.790. The molecule has 0 aromatic carbocycles. The number of esters is 1. The van der Waals surface area contributed by atoms with Crippen LogP contribution in [-0.2, 0) is 14.3 Å². The Morgan fingerprint density at radius 2 is 1.95 bits per heavy atom. The molecule has 0 amide bonds. The highest BCUT2D eigenvalue weighted by molar-refractivity contribution is 7.98. The summed E-state index contributed by atoms with van der Waals surface area (Å²) in [7, 11) is 0. The lowest BCUT2D eigenvalue weighted by Crippen LogP contribution is -2.57. The zero-order chi connectivity index (χ0) is 15.2. The summed E-state index contributed by atoms with van der Waals surface area (Å²) in [5.74, 6) is -1.18. The maximum absolute atomic E-state index is 12.1. The molecule has 7 heteroatoms. The minimum absolute atomic E-state index is 0.0699. The third-order valence-corrected chi connectivity index (χ3v) is 4.46. The smallest absolute Gasteiger partial charge is 0.338 e. The van der Waals surface area contributed by atoms with Crippen molar-refractivity contribution in [1.82, 2.24) is 0 Å². The molecule has 1 fully saturated rings. The van der Waals surface area contributed by atoms with Gasteiger partial charge in [0.15, 0.2) is 0 Å². The van der Waals surface area contributed by atoms with Gasteiger partial charge in [-0.2, -0.15) is 11.8 Å². The zero-order valence-electron chi connectivity index (χ0n) is 11.8. The number of hydrogen-bond donors (Lipinski definition) is 3. The average Bonchev–Trinajstić information content (AvgIpc) is 2.45. The first-order chi connectivity index (χ1) is 9.43.